The summed E-state index contributed by atoms with van der Waals surface area (Å²) in [4.78, 5) is 6.71. The molecule has 0 unspecified atom stereocenters. The molecule has 1 aliphatic heterocycles. The van der Waals surface area contributed by atoms with Gasteiger partial charge in [-0.25, -0.2) is 0 Å². The molecule has 0 radical (unpaired) electrons. The van der Waals surface area contributed by atoms with Gasteiger partial charge in [-0.1, -0.05) is 12.1 Å². The quantitative estimate of drug-likeness (QED) is 0.782. The van der Waals surface area contributed by atoms with E-state index in [0.717, 1.165) is 36.7 Å². The fourth-order valence-corrected chi connectivity index (χ4v) is 3.61. The second kappa shape index (κ2) is 9.39. The number of piperidine rings is 1. The molecular weight excluding hydrogens is 350 g/mol. The molecule has 0 bridgehead atoms. The van der Waals surface area contributed by atoms with E-state index in [0.29, 0.717) is 12.6 Å². The van der Waals surface area contributed by atoms with E-state index >= 15 is 0 Å². The van der Waals surface area contributed by atoms with Gasteiger partial charge in [0.15, 0.2) is 11.5 Å². The second-order valence-electron chi connectivity index (χ2n) is 8.45. The molecular formula is C23H33N3O2. The van der Waals surface area contributed by atoms with E-state index in [2.05, 4.69) is 48.1 Å². The maximum atomic E-state index is 6.00. The van der Waals surface area contributed by atoms with Gasteiger partial charge in [-0.2, -0.15) is 0 Å². The number of hydrogen-bond donors (Lipinski definition) is 1. The lowest BCUT2D eigenvalue weighted by molar-refractivity contribution is 0.0960. The van der Waals surface area contributed by atoms with E-state index in [1.54, 1.807) is 13.3 Å². The fourth-order valence-electron chi connectivity index (χ4n) is 3.61. The van der Waals surface area contributed by atoms with Gasteiger partial charge in [-0.15, -0.1) is 0 Å². The van der Waals surface area contributed by atoms with Crippen LogP contribution in [0.2, 0.25) is 0 Å². The van der Waals surface area contributed by atoms with E-state index in [4.69, 9.17) is 9.47 Å². The third kappa shape index (κ3) is 5.69. The first-order valence-corrected chi connectivity index (χ1v) is 10.1. The highest BCUT2D eigenvalue weighted by molar-refractivity contribution is 5.43. The lowest BCUT2D eigenvalue weighted by Gasteiger charge is -2.41. The number of benzene rings is 1. The minimum Gasteiger partial charge on any atom is -0.493 e. The van der Waals surface area contributed by atoms with Crippen molar-refractivity contribution in [3.05, 3.63) is 53.9 Å². The van der Waals surface area contributed by atoms with Crippen LogP contribution in [0.5, 0.6) is 11.5 Å². The number of pyridine rings is 1. The van der Waals surface area contributed by atoms with Crippen molar-refractivity contribution < 1.29 is 9.47 Å². The van der Waals surface area contributed by atoms with Crippen LogP contribution in [0.25, 0.3) is 0 Å². The summed E-state index contributed by atoms with van der Waals surface area (Å²) in [5.41, 5.74) is 2.51. The Morgan fingerprint density at radius 3 is 2.54 bits per heavy atom. The van der Waals surface area contributed by atoms with Crippen molar-refractivity contribution >= 4 is 0 Å². The molecule has 0 atom stereocenters. The number of rotatable bonds is 7. The fraction of sp³-hybridized carbons (Fsp3) is 0.522. The lowest BCUT2D eigenvalue weighted by atomic mass is 9.98. The number of nitrogens with one attached hydrogen (secondary N) is 1. The zero-order valence-electron chi connectivity index (χ0n) is 17.6. The number of methoxy groups -OCH3 is 1. The predicted molar refractivity (Wildman–Crippen MR) is 113 cm³/mol. The van der Waals surface area contributed by atoms with Gasteiger partial charge >= 0.3 is 0 Å². The lowest BCUT2D eigenvalue weighted by Crippen LogP contribution is -2.49. The highest BCUT2D eigenvalue weighted by Crippen LogP contribution is 2.29. The summed E-state index contributed by atoms with van der Waals surface area (Å²) in [6, 6.07) is 10.7. The first-order valence-electron chi connectivity index (χ1n) is 10.1. The zero-order valence-corrected chi connectivity index (χ0v) is 17.6. The first-order chi connectivity index (χ1) is 13.5. The van der Waals surface area contributed by atoms with E-state index in [9.17, 15) is 0 Å². The molecule has 1 saturated heterocycles. The molecule has 2 aromatic rings. The van der Waals surface area contributed by atoms with Crippen LogP contribution in [0.3, 0.4) is 0 Å². The van der Waals surface area contributed by atoms with Crippen LogP contribution in [0.15, 0.2) is 42.7 Å². The molecule has 5 nitrogen and oxygen atoms in total. The van der Waals surface area contributed by atoms with Gasteiger partial charge in [-0.05, 0) is 57.4 Å². The molecule has 0 saturated carbocycles. The molecule has 1 fully saturated rings. The average Bonchev–Trinajstić information content (AvgIpc) is 2.71. The summed E-state index contributed by atoms with van der Waals surface area (Å²) < 4.78 is 11.5. The van der Waals surface area contributed by atoms with Crippen LogP contribution in [-0.4, -0.2) is 41.7 Å². The van der Waals surface area contributed by atoms with Crippen LogP contribution in [0.1, 0.15) is 44.7 Å². The Morgan fingerprint density at radius 2 is 1.89 bits per heavy atom. The Hall–Kier alpha value is -2.11. The smallest absolute Gasteiger partial charge is 0.161 e. The molecule has 1 aromatic heterocycles. The van der Waals surface area contributed by atoms with Gasteiger partial charge in [0.1, 0.15) is 6.61 Å². The van der Waals surface area contributed by atoms with Crippen LogP contribution in [-0.2, 0) is 13.2 Å². The Morgan fingerprint density at radius 1 is 1.11 bits per heavy atom. The summed E-state index contributed by atoms with van der Waals surface area (Å²) in [5.74, 6) is 1.53. The Kier molecular flexibility index (Phi) is 6.92. The third-order valence-electron chi connectivity index (χ3n) is 5.38. The molecule has 152 valence electrons. The van der Waals surface area contributed by atoms with Crippen LogP contribution < -0.4 is 14.8 Å². The summed E-state index contributed by atoms with van der Waals surface area (Å²) in [6.45, 7) is 10.5. The van der Waals surface area contributed by atoms with Gasteiger partial charge in [0.05, 0.1) is 7.11 Å². The maximum absolute atomic E-state index is 6.00. The molecule has 0 spiro atoms. The van der Waals surface area contributed by atoms with E-state index in [1.165, 1.54) is 18.4 Å². The summed E-state index contributed by atoms with van der Waals surface area (Å²) in [5, 5.41) is 3.72. The molecule has 2 heterocycles. The molecule has 3 rings (SSSR count). The van der Waals surface area contributed by atoms with Crippen molar-refractivity contribution in [1.82, 2.24) is 15.2 Å². The largest absolute Gasteiger partial charge is 0.493 e. The number of ether oxygens (including phenoxy) is 2. The van der Waals surface area contributed by atoms with E-state index < -0.39 is 0 Å². The number of likely N-dealkylation sites (tertiary alicyclic amines) is 1. The van der Waals surface area contributed by atoms with Gasteiger partial charge in [0, 0.05) is 49.2 Å². The van der Waals surface area contributed by atoms with Crippen molar-refractivity contribution in [2.45, 2.75) is 58.3 Å². The van der Waals surface area contributed by atoms with E-state index in [1.807, 2.05) is 24.4 Å². The zero-order chi connectivity index (χ0) is 20.0. The van der Waals surface area contributed by atoms with Crippen LogP contribution in [0.4, 0.5) is 0 Å². The minimum absolute atomic E-state index is 0.265. The monoisotopic (exact) mass is 383 g/mol. The van der Waals surface area contributed by atoms with Gasteiger partial charge < -0.3 is 14.8 Å². The SMILES string of the molecule is COc1ccc(CNC2CCN(C(C)(C)C)CC2)cc1OCc1cccnc1. The molecule has 1 N–H and O–H groups in total. The number of hydrogen-bond acceptors (Lipinski definition) is 5. The van der Waals surface area contributed by atoms with Crippen molar-refractivity contribution in [2.75, 3.05) is 20.2 Å². The third-order valence-corrected chi connectivity index (χ3v) is 5.38. The normalized spacial score (nSPS) is 16.1. The maximum Gasteiger partial charge on any atom is 0.161 e. The van der Waals surface area contributed by atoms with Gasteiger partial charge in [-0.3, -0.25) is 9.88 Å². The molecule has 1 aliphatic rings. The predicted octanol–water partition coefficient (Wildman–Crippen LogP) is 4.02. The minimum atomic E-state index is 0.265. The summed E-state index contributed by atoms with van der Waals surface area (Å²) in [7, 11) is 1.67. The topological polar surface area (TPSA) is 46.6 Å². The van der Waals surface area contributed by atoms with Gasteiger partial charge in [0.25, 0.3) is 0 Å². The van der Waals surface area contributed by atoms with Crippen LogP contribution >= 0.6 is 0 Å². The Labute approximate surface area is 169 Å². The molecule has 0 aliphatic carbocycles. The summed E-state index contributed by atoms with van der Waals surface area (Å²) in [6.07, 6.45) is 5.97. The average molecular weight is 384 g/mol. The Balaban J connectivity index is 1.54. The van der Waals surface area contributed by atoms with Crippen molar-refractivity contribution in [3.63, 3.8) is 0 Å². The first kappa shape index (κ1) is 20.6. The Bertz CT molecular complexity index is 735. The van der Waals surface area contributed by atoms with Gasteiger partial charge in [0.2, 0.25) is 0 Å². The highest BCUT2D eigenvalue weighted by Gasteiger charge is 2.26. The van der Waals surface area contributed by atoms with Crippen molar-refractivity contribution in [2.24, 2.45) is 0 Å². The number of aromatic nitrogens is 1. The second-order valence-corrected chi connectivity index (χ2v) is 8.45. The highest BCUT2D eigenvalue weighted by atomic mass is 16.5. The van der Waals surface area contributed by atoms with E-state index in [-0.39, 0.29) is 5.54 Å². The number of nitrogens with zero attached hydrogens (tertiary/aromatic N) is 2. The summed E-state index contributed by atoms with van der Waals surface area (Å²) >= 11 is 0. The van der Waals surface area contributed by atoms with Crippen molar-refractivity contribution in [1.29, 1.82) is 0 Å². The molecule has 0 amide bonds. The standard InChI is InChI=1S/C23H33N3O2/c1-23(2,3)26-12-9-20(10-13-26)25-16-18-7-8-21(27-4)22(14-18)28-17-19-6-5-11-24-15-19/h5-8,11,14-15,20,25H,9-10,12-13,16-17H2,1-4H3. The molecule has 28 heavy (non-hydrogen) atoms. The van der Waals surface area contributed by atoms with Crippen LogP contribution in [0, 0.1) is 0 Å². The van der Waals surface area contributed by atoms with Crippen molar-refractivity contribution in [3.8, 4) is 11.5 Å². The molecule has 5 heteroatoms. The molecule has 1 aromatic carbocycles.